The van der Waals surface area contributed by atoms with Crippen molar-refractivity contribution in [3.63, 3.8) is 0 Å². The fraction of sp³-hybridized carbons (Fsp3) is 0.444. The number of rotatable bonds is 2. The van der Waals surface area contributed by atoms with E-state index in [1.54, 1.807) is 30.8 Å². The molecule has 6 nitrogen and oxygen atoms in total. The molecule has 0 aliphatic carbocycles. The molecule has 128 valence electrons. The van der Waals surface area contributed by atoms with Gasteiger partial charge in [0.15, 0.2) is 0 Å². The summed E-state index contributed by atoms with van der Waals surface area (Å²) in [4.78, 5) is 28.2. The second-order valence-electron chi connectivity index (χ2n) is 6.05. The maximum Gasteiger partial charge on any atom is 0.258 e. The Balaban J connectivity index is 1.90. The Bertz CT molecular complexity index is 781. The molecule has 24 heavy (non-hydrogen) atoms. The lowest BCUT2D eigenvalue weighted by Crippen LogP contribution is -2.36. The molecule has 2 heterocycles. The smallest absolute Gasteiger partial charge is 0.258 e. The summed E-state index contributed by atoms with van der Waals surface area (Å²) in [5, 5.41) is 0.768. The summed E-state index contributed by atoms with van der Waals surface area (Å²) in [6, 6.07) is 5.47. The van der Waals surface area contributed by atoms with Crippen molar-refractivity contribution in [1.29, 1.82) is 0 Å². The normalized spacial score (nSPS) is 15.5. The summed E-state index contributed by atoms with van der Waals surface area (Å²) in [6.07, 6.45) is 0.781. The van der Waals surface area contributed by atoms with E-state index in [-0.39, 0.29) is 11.8 Å². The van der Waals surface area contributed by atoms with Gasteiger partial charge in [-0.05, 0) is 31.5 Å². The van der Waals surface area contributed by atoms with Crippen LogP contribution in [0.3, 0.4) is 0 Å². The van der Waals surface area contributed by atoms with Crippen molar-refractivity contribution in [1.82, 2.24) is 9.80 Å². The van der Waals surface area contributed by atoms with Gasteiger partial charge in [0.25, 0.3) is 5.91 Å². The first-order valence-electron chi connectivity index (χ1n) is 8.13. The molecule has 0 atom stereocenters. The number of hydrogen-bond donors (Lipinski definition) is 0. The maximum absolute atomic E-state index is 13.0. The van der Waals surface area contributed by atoms with E-state index in [9.17, 15) is 9.59 Å². The van der Waals surface area contributed by atoms with E-state index < -0.39 is 0 Å². The van der Waals surface area contributed by atoms with Gasteiger partial charge < -0.3 is 19.0 Å². The molecular weight excluding hydrogens is 308 g/mol. The number of hydrogen-bond acceptors (Lipinski definition) is 4. The fourth-order valence-corrected chi connectivity index (χ4v) is 3.19. The van der Waals surface area contributed by atoms with Gasteiger partial charge >= 0.3 is 0 Å². The summed E-state index contributed by atoms with van der Waals surface area (Å²) in [7, 11) is 1.60. The topological polar surface area (TPSA) is 63.0 Å². The first-order valence-corrected chi connectivity index (χ1v) is 8.13. The monoisotopic (exact) mass is 330 g/mol. The number of ether oxygens (including phenoxy) is 1. The summed E-state index contributed by atoms with van der Waals surface area (Å²) >= 11 is 0. The molecule has 2 amide bonds. The standard InChI is InChI=1S/C18H22N2O4/c1-12-17(15-11-14(23-3)5-6-16(15)24-12)18(22)20-8-4-7-19(9-10-20)13(2)21/h5-6,11H,4,7-10H2,1-3H3. The van der Waals surface area contributed by atoms with Gasteiger partial charge in [-0.15, -0.1) is 0 Å². The van der Waals surface area contributed by atoms with Gasteiger partial charge in [-0.2, -0.15) is 0 Å². The first-order chi connectivity index (χ1) is 11.5. The van der Waals surface area contributed by atoms with Crippen LogP contribution in [0, 0.1) is 6.92 Å². The molecule has 1 fully saturated rings. The molecule has 6 heteroatoms. The van der Waals surface area contributed by atoms with Gasteiger partial charge in [0, 0.05) is 38.5 Å². The minimum Gasteiger partial charge on any atom is -0.497 e. The Morgan fingerprint density at radius 1 is 1.12 bits per heavy atom. The Kier molecular flexibility index (Phi) is 4.46. The average Bonchev–Trinajstić information content (AvgIpc) is 2.74. The van der Waals surface area contributed by atoms with Crippen molar-refractivity contribution in [2.24, 2.45) is 0 Å². The van der Waals surface area contributed by atoms with Crippen LogP contribution in [0.4, 0.5) is 0 Å². The molecule has 1 aromatic heterocycles. The van der Waals surface area contributed by atoms with Crippen LogP contribution in [-0.4, -0.2) is 54.9 Å². The third kappa shape index (κ3) is 2.96. The molecule has 0 bridgehead atoms. The highest BCUT2D eigenvalue weighted by Crippen LogP contribution is 2.30. The molecule has 0 unspecified atom stereocenters. The third-order valence-electron chi connectivity index (χ3n) is 4.51. The number of carbonyl (C=O) groups is 2. The number of carbonyl (C=O) groups excluding carboxylic acids is 2. The van der Waals surface area contributed by atoms with Crippen molar-refractivity contribution in [2.75, 3.05) is 33.3 Å². The summed E-state index contributed by atoms with van der Waals surface area (Å²) < 4.78 is 11.0. The summed E-state index contributed by atoms with van der Waals surface area (Å²) in [6.45, 7) is 5.81. The van der Waals surface area contributed by atoms with Gasteiger partial charge in [0.1, 0.15) is 17.1 Å². The summed E-state index contributed by atoms with van der Waals surface area (Å²) in [5.74, 6) is 1.30. The minimum absolute atomic E-state index is 0.0510. The van der Waals surface area contributed by atoms with Crippen LogP contribution in [0.15, 0.2) is 22.6 Å². The highest BCUT2D eigenvalue weighted by Gasteiger charge is 2.26. The maximum atomic E-state index is 13.0. The van der Waals surface area contributed by atoms with E-state index in [1.165, 1.54) is 0 Å². The molecular formula is C18H22N2O4. The Labute approximate surface area is 141 Å². The van der Waals surface area contributed by atoms with E-state index in [1.807, 2.05) is 18.2 Å². The van der Waals surface area contributed by atoms with Crippen molar-refractivity contribution in [3.8, 4) is 5.75 Å². The van der Waals surface area contributed by atoms with Crippen LogP contribution in [0.2, 0.25) is 0 Å². The fourth-order valence-electron chi connectivity index (χ4n) is 3.19. The second-order valence-corrected chi connectivity index (χ2v) is 6.05. The molecule has 1 aliphatic heterocycles. The molecule has 0 radical (unpaired) electrons. The predicted octanol–water partition coefficient (Wildman–Crippen LogP) is 2.44. The van der Waals surface area contributed by atoms with Gasteiger partial charge in [-0.25, -0.2) is 0 Å². The van der Waals surface area contributed by atoms with Crippen molar-refractivity contribution in [3.05, 3.63) is 29.5 Å². The zero-order valence-corrected chi connectivity index (χ0v) is 14.3. The van der Waals surface area contributed by atoms with Gasteiger partial charge in [0.2, 0.25) is 5.91 Å². The van der Waals surface area contributed by atoms with Crippen LogP contribution in [0.25, 0.3) is 11.0 Å². The van der Waals surface area contributed by atoms with Gasteiger partial charge in [-0.3, -0.25) is 9.59 Å². The Morgan fingerprint density at radius 2 is 1.83 bits per heavy atom. The van der Waals surface area contributed by atoms with Crippen LogP contribution in [0.1, 0.15) is 29.5 Å². The number of aryl methyl sites for hydroxylation is 1. The van der Waals surface area contributed by atoms with E-state index in [0.29, 0.717) is 48.8 Å². The molecule has 1 aromatic carbocycles. The molecule has 0 saturated carbocycles. The lowest BCUT2D eigenvalue weighted by Gasteiger charge is -2.21. The van der Waals surface area contributed by atoms with Crippen molar-refractivity contribution >= 4 is 22.8 Å². The number of methoxy groups -OCH3 is 1. The molecule has 1 aliphatic rings. The number of benzene rings is 1. The molecule has 0 spiro atoms. The SMILES string of the molecule is COc1ccc2oc(C)c(C(=O)N3CCCN(C(C)=O)CC3)c2c1. The molecule has 1 saturated heterocycles. The first kappa shape index (κ1) is 16.4. The Hall–Kier alpha value is -2.50. The second kappa shape index (κ2) is 6.55. The summed E-state index contributed by atoms with van der Waals surface area (Å²) in [5.41, 5.74) is 1.26. The van der Waals surface area contributed by atoms with Crippen molar-refractivity contribution < 1.29 is 18.7 Å². The van der Waals surface area contributed by atoms with Gasteiger partial charge in [0.05, 0.1) is 12.7 Å². The zero-order valence-electron chi connectivity index (χ0n) is 14.3. The van der Waals surface area contributed by atoms with Gasteiger partial charge in [-0.1, -0.05) is 0 Å². The molecule has 2 aromatic rings. The van der Waals surface area contributed by atoms with Crippen LogP contribution >= 0.6 is 0 Å². The van der Waals surface area contributed by atoms with Crippen molar-refractivity contribution in [2.45, 2.75) is 20.3 Å². The Morgan fingerprint density at radius 3 is 2.54 bits per heavy atom. The number of furan rings is 1. The molecule has 0 N–H and O–H groups in total. The van der Waals surface area contributed by atoms with Crippen LogP contribution < -0.4 is 4.74 Å². The zero-order chi connectivity index (χ0) is 17.3. The number of amides is 2. The van der Waals surface area contributed by atoms with E-state index in [4.69, 9.17) is 9.15 Å². The van der Waals surface area contributed by atoms with E-state index >= 15 is 0 Å². The third-order valence-corrected chi connectivity index (χ3v) is 4.51. The van der Waals surface area contributed by atoms with Crippen LogP contribution in [-0.2, 0) is 4.79 Å². The highest BCUT2D eigenvalue weighted by molar-refractivity contribution is 6.07. The number of nitrogens with zero attached hydrogens (tertiary/aromatic N) is 2. The van der Waals surface area contributed by atoms with Crippen LogP contribution in [0.5, 0.6) is 5.75 Å². The highest BCUT2D eigenvalue weighted by atomic mass is 16.5. The minimum atomic E-state index is -0.0510. The average molecular weight is 330 g/mol. The molecule has 3 rings (SSSR count). The predicted molar refractivity (Wildman–Crippen MR) is 90.3 cm³/mol. The number of fused-ring (bicyclic) bond motifs is 1. The van der Waals surface area contributed by atoms with E-state index in [2.05, 4.69) is 0 Å². The lowest BCUT2D eigenvalue weighted by atomic mass is 10.1. The lowest BCUT2D eigenvalue weighted by molar-refractivity contribution is -0.128. The van der Waals surface area contributed by atoms with E-state index in [0.717, 1.165) is 11.8 Å². The largest absolute Gasteiger partial charge is 0.497 e. The quantitative estimate of drug-likeness (QED) is 0.848.